The summed E-state index contributed by atoms with van der Waals surface area (Å²) in [6.45, 7) is 10.9. The van der Waals surface area contributed by atoms with Crippen LogP contribution in [0.1, 0.15) is 20.8 Å². The lowest BCUT2D eigenvalue weighted by molar-refractivity contribution is -0.582. The zero-order chi connectivity index (χ0) is 13.6. The molecule has 0 spiro atoms. The first kappa shape index (κ1) is 13.0. The molecule has 0 aliphatic carbocycles. The summed E-state index contributed by atoms with van der Waals surface area (Å²) in [5, 5.41) is 11.6. The second-order valence-corrected chi connectivity index (χ2v) is 10.8. The molecule has 0 radical (unpaired) electrons. The van der Waals surface area contributed by atoms with Gasteiger partial charge in [0.05, 0.1) is 6.07 Å². The number of oxazole rings is 1. The molecule has 5 heteroatoms. The molecular formula is C13H19NO3Si. The number of fused-ring (bicyclic) bond motifs is 1. The molecule has 0 saturated carbocycles. The van der Waals surface area contributed by atoms with E-state index in [0.29, 0.717) is 15.8 Å². The van der Waals surface area contributed by atoms with Crippen LogP contribution in [-0.4, -0.2) is 8.32 Å². The van der Waals surface area contributed by atoms with Crippen molar-refractivity contribution in [3.05, 3.63) is 29.8 Å². The maximum atomic E-state index is 11.5. The van der Waals surface area contributed by atoms with Crippen LogP contribution in [0.3, 0.4) is 0 Å². The van der Waals surface area contributed by atoms with Gasteiger partial charge >= 0.3 is 6.39 Å². The van der Waals surface area contributed by atoms with Crippen LogP contribution in [0.25, 0.3) is 11.1 Å². The summed E-state index contributed by atoms with van der Waals surface area (Å²) in [6.07, 6.45) is 1.15. The lowest BCUT2D eigenvalue weighted by Crippen LogP contribution is -2.43. The Kier molecular flexibility index (Phi) is 2.89. The van der Waals surface area contributed by atoms with Crippen LogP contribution < -0.4 is 9.16 Å². The van der Waals surface area contributed by atoms with Gasteiger partial charge in [-0.05, 0) is 30.3 Å². The smallest absolute Gasteiger partial charge is 0.347 e. The van der Waals surface area contributed by atoms with E-state index in [1.807, 2.05) is 6.07 Å². The largest absolute Gasteiger partial charge is 0.616 e. The summed E-state index contributed by atoms with van der Waals surface area (Å²) in [7, 11) is -1.87. The van der Waals surface area contributed by atoms with E-state index in [0.717, 1.165) is 12.1 Å². The highest BCUT2D eigenvalue weighted by molar-refractivity contribution is 6.74. The van der Waals surface area contributed by atoms with Crippen LogP contribution in [0, 0.1) is 5.21 Å². The van der Waals surface area contributed by atoms with Gasteiger partial charge in [-0.3, -0.25) is 0 Å². The molecule has 1 aromatic carbocycles. The van der Waals surface area contributed by atoms with E-state index in [-0.39, 0.29) is 5.04 Å². The number of hydrogen-bond donors (Lipinski definition) is 0. The number of rotatable bonds is 2. The molecule has 0 fully saturated rings. The third kappa shape index (κ3) is 2.22. The molecule has 0 atom stereocenters. The standard InChI is InChI=1S/C13H19NO3Si/c1-13(2,3)18(4,5)17-10-6-7-12-11(8-10)14(15)9-16-12/h6-9H,1-5H3. The first-order valence-electron chi connectivity index (χ1n) is 6.00. The summed E-state index contributed by atoms with van der Waals surface area (Å²) in [5.74, 6) is 0.736. The van der Waals surface area contributed by atoms with Gasteiger partial charge in [0.1, 0.15) is 5.75 Å². The van der Waals surface area contributed by atoms with Gasteiger partial charge in [-0.25, -0.2) is 0 Å². The molecule has 1 aromatic heterocycles. The molecule has 0 N–H and O–H groups in total. The molecule has 2 rings (SSSR count). The predicted octanol–water partition coefficient (Wildman–Crippen LogP) is 3.45. The van der Waals surface area contributed by atoms with E-state index in [1.54, 1.807) is 12.1 Å². The average molecular weight is 265 g/mol. The maximum Gasteiger partial charge on any atom is 0.347 e. The Morgan fingerprint density at radius 2 is 1.94 bits per heavy atom. The second kappa shape index (κ2) is 4.02. The molecule has 0 unspecified atom stereocenters. The molecule has 2 aromatic rings. The van der Waals surface area contributed by atoms with Crippen molar-refractivity contribution in [2.24, 2.45) is 0 Å². The Hall–Kier alpha value is -1.49. The lowest BCUT2D eigenvalue weighted by Gasteiger charge is -2.36. The SMILES string of the molecule is CC(C)(C)[Si](C)(C)Oc1ccc2oc[n+]([O-])c2c1. The number of benzene rings is 1. The van der Waals surface area contributed by atoms with E-state index in [1.165, 1.54) is 0 Å². The fourth-order valence-corrected chi connectivity index (χ4v) is 2.46. The molecule has 0 aliphatic rings. The third-order valence-corrected chi connectivity index (χ3v) is 7.98. The van der Waals surface area contributed by atoms with Crippen molar-refractivity contribution in [3.8, 4) is 5.75 Å². The first-order chi connectivity index (χ1) is 8.21. The number of aromatic nitrogens is 1. The minimum atomic E-state index is -1.87. The summed E-state index contributed by atoms with van der Waals surface area (Å²) < 4.78 is 12.0. The van der Waals surface area contributed by atoms with Crippen LogP contribution in [0.5, 0.6) is 5.75 Å². The molecule has 4 nitrogen and oxygen atoms in total. The summed E-state index contributed by atoms with van der Waals surface area (Å²) >= 11 is 0. The van der Waals surface area contributed by atoms with Crippen molar-refractivity contribution in [3.63, 3.8) is 0 Å². The third-order valence-electron chi connectivity index (χ3n) is 3.62. The zero-order valence-electron chi connectivity index (χ0n) is 11.5. The summed E-state index contributed by atoms with van der Waals surface area (Å²) in [5.41, 5.74) is 1.08. The van der Waals surface area contributed by atoms with Gasteiger partial charge in [0.2, 0.25) is 13.9 Å². The van der Waals surface area contributed by atoms with Crippen LogP contribution in [0.4, 0.5) is 0 Å². The molecule has 98 valence electrons. The van der Waals surface area contributed by atoms with E-state index in [4.69, 9.17) is 8.84 Å². The van der Waals surface area contributed by atoms with Crippen LogP contribution in [-0.2, 0) is 0 Å². The van der Waals surface area contributed by atoms with E-state index < -0.39 is 8.32 Å². The van der Waals surface area contributed by atoms with Crippen molar-refractivity contribution in [1.29, 1.82) is 0 Å². The molecule has 18 heavy (non-hydrogen) atoms. The Balaban J connectivity index is 2.35. The Morgan fingerprint density at radius 3 is 2.56 bits per heavy atom. The Labute approximate surface area is 108 Å². The monoisotopic (exact) mass is 265 g/mol. The molecule has 0 aliphatic heterocycles. The van der Waals surface area contributed by atoms with Crippen molar-refractivity contribution < 1.29 is 13.6 Å². The topological polar surface area (TPSA) is 49.3 Å². The Bertz CT molecular complexity index is 569. The lowest BCUT2D eigenvalue weighted by atomic mass is 10.2. The molecule has 1 heterocycles. The molecule has 0 saturated heterocycles. The number of nitrogens with zero attached hydrogens (tertiary/aromatic N) is 1. The molecular weight excluding hydrogens is 246 g/mol. The quantitative estimate of drug-likeness (QED) is 0.475. The second-order valence-electron chi connectivity index (χ2n) is 6.04. The molecule has 0 amide bonds. The van der Waals surface area contributed by atoms with Gasteiger partial charge in [-0.15, -0.1) is 4.73 Å². The number of hydrogen-bond acceptors (Lipinski definition) is 3. The summed E-state index contributed by atoms with van der Waals surface area (Å²) in [4.78, 5) is 0. The minimum Gasteiger partial charge on any atom is -0.616 e. The van der Waals surface area contributed by atoms with Gasteiger partial charge in [0.25, 0.3) is 5.52 Å². The van der Waals surface area contributed by atoms with Gasteiger partial charge in [0, 0.05) is 0 Å². The highest BCUT2D eigenvalue weighted by Crippen LogP contribution is 2.37. The van der Waals surface area contributed by atoms with Gasteiger partial charge < -0.3 is 14.1 Å². The van der Waals surface area contributed by atoms with Gasteiger partial charge in [0.15, 0.2) is 0 Å². The minimum absolute atomic E-state index is 0.131. The highest BCUT2D eigenvalue weighted by Gasteiger charge is 2.39. The van der Waals surface area contributed by atoms with Crippen molar-refractivity contribution in [1.82, 2.24) is 0 Å². The average Bonchev–Trinajstić information content (AvgIpc) is 2.58. The van der Waals surface area contributed by atoms with Crippen molar-refractivity contribution in [2.45, 2.75) is 38.9 Å². The Morgan fingerprint density at radius 1 is 1.28 bits per heavy atom. The van der Waals surface area contributed by atoms with Crippen LogP contribution >= 0.6 is 0 Å². The van der Waals surface area contributed by atoms with Crippen molar-refractivity contribution in [2.75, 3.05) is 0 Å². The highest BCUT2D eigenvalue weighted by atomic mass is 28.4. The first-order valence-corrected chi connectivity index (χ1v) is 8.91. The van der Waals surface area contributed by atoms with Crippen LogP contribution in [0.2, 0.25) is 18.1 Å². The normalized spacial score (nSPS) is 12.9. The maximum absolute atomic E-state index is 11.5. The van der Waals surface area contributed by atoms with Crippen LogP contribution in [0.15, 0.2) is 29.0 Å². The van der Waals surface area contributed by atoms with E-state index >= 15 is 0 Å². The predicted molar refractivity (Wildman–Crippen MR) is 73.0 cm³/mol. The fourth-order valence-electron chi connectivity index (χ4n) is 1.44. The van der Waals surface area contributed by atoms with Gasteiger partial charge in [-0.1, -0.05) is 20.8 Å². The fraction of sp³-hybridized carbons (Fsp3) is 0.462. The zero-order valence-corrected chi connectivity index (χ0v) is 12.5. The van der Waals surface area contributed by atoms with E-state index in [9.17, 15) is 5.21 Å². The molecule has 0 bridgehead atoms. The van der Waals surface area contributed by atoms with Gasteiger partial charge in [-0.2, -0.15) is 0 Å². The van der Waals surface area contributed by atoms with E-state index in [2.05, 4.69) is 33.9 Å². The summed E-state index contributed by atoms with van der Waals surface area (Å²) in [6, 6.07) is 5.37. The van der Waals surface area contributed by atoms with Crippen molar-refractivity contribution >= 4 is 19.4 Å².